The normalized spacial score (nSPS) is 12.8. The van der Waals surface area contributed by atoms with E-state index in [1.54, 1.807) is 12.1 Å². The van der Waals surface area contributed by atoms with Crippen molar-refractivity contribution < 1.29 is 18.0 Å². The van der Waals surface area contributed by atoms with Crippen molar-refractivity contribution in [1.29, 1.82) is 0 Å². The van der Waals surface area contributed by atoms with E-state index in [0.29, 0.717) is 18.7 Å². The van der Waals surface area contributed by atoms with Crippen LogP contribution in [0.15, 0.2) is 48.5 Å². The van der Waals surface area contributed by atoms with Gasteiger partial charge in [-0.15, -0.1) is 0 Å². The quantitative estimate of drug-likeness (QED) is 0.460. The van der Waals surface area contributed by atoms with Crippen molar-refractivity contribution in [3.63, 3.8) is 0 Å². The number of hydrogen-bond donors (Lipinski definition) is 1. The van der Waals surface area contributed by atoms with Gasteiger partial charge in [-0.25, -0.2) is 8.42 Å². The van der Waals surface area contributed by atoms with Crippen LogP contribution < -0.4 is 9.62 Å². The Morgan fingerprint density at radius 2 is 1.59 bits per heavy atom. The summed E-state index contributed by atoms with van der Waals surface area (Å²) >= 11 is 0. The van der Waals surface area contributed by atoms with Gasteiger partial charge in [-0.1, -0.05) is 77.9 Å². The van der Waals surface area contributed by atoms with Crippen LogP contribution >= 0.6 is 0 Å². The van der Waals surface area contributed by atoms with E-state index in [-0.39, 0.29) is 23.8 Å². The molecule has 0 bridgehead atoms. The molecule has 0 aliphatic carbocycles. The van der Waals surface area contributed by atoms with Gasteiger partial charge < -0.3 is 10.2 Å². The molecule has 0 radical (unpaired) electrons. The second-order valence-electron chi connectivity index (χ2n) is 11.1. The summed E-state index contributed by atoms with van der Waals surface area (Å²) in [7, 11) is -3.76. The molecule has 0 saturated carbocycles. The van der Waals surface area contributed by atoms with Crippen LogP contribution in [-0.4, -0.2) is 50.5 Å². The van der Waals surface area contributed by atoms with Gasteiger partial charge in [0.05, 0.1) is 11.9 Å². The monoisotopic (exact) mass is 529 g/mol. The lowest BCUT2D eigenvalue weighted by Gasteiger charge is -2.33. The summed E-state index contributed by atoms with van der Waals surface area (Å²) in [5.41, 5.74) is 3.29. The van der Waals surface area contributed by atoms with E-state index in [2.05, 4.69) is 26.1 Å². The van der Waals surface area contributed by atoms with Gasteiger partial charge in [0, 0.05) is 13.1 Å². The number of aryl methyl sites for hydroxylation is 1. The van der Waals surface area contributed by atoms with E-state index in [1.165, 1.54) is 4.90 Å². The van der Waals surface area contributed by atoms with E-state index in [4.69, 9.17) is 0 Å². The largest absolute Gasteiger partial charge is 0.354 e. The van der Waals surface area contributed by atoms with Crippen LogP contribution in [0.5, 0.6) is 0 Å². The van der Waals surface area contributed by atoms with Crippen LogP contribution in [0.25, 0.3) is 0 Å². The molecule has 204 valence electrons. The van der Waals surface area contributed by atoms with Gasteiger partial charge in [0.25, 0.3) is 0 Å². The Labute approximate surface area is 223 Å². The molecule has 0 aliphatic heterocycles. The van der Waals surface area contributed by atoms with Gasteiger partial charge in [0.15, 0.2) is 0 Å². The smallest absolute Gasteiger partial charge is 0.244 e. The molecule has 0 saturated heterocycles. The minimum absolute atomic E-state index is 0.0910. The highest BCUT2D eigenvalue weighted by Gasteiger charge is 2.32. The average molecular weight is 530 g/mol. The molecule has 0 heterocycles. The molecule has 0 aliphatic rings. The lowest BCUT2D eigenvalue weighted by Crippen LogP contribution is -2.52. The topological polar surface area (TPSA) is 86.8 Å². The number of carbonyl (C=O) groups is 2. The van der Waals surface area contributed by atoms with Crippen molar-refractivity contribution in [3.05, 3.63) is 65.2 Å². The second-order valence-corrected chi connectivity index (χ2v) is 13.0. The Morgan fingerprint density at radius 3 is 2.08 bits per heavy atom. The Hall–Kier alpha value is -2.87. The zero-order valence-electron chi connectivity index (χ0n) is 23.5. The predicted molar refractivity (Wildman–Crippen MR) is 151 cm³/mol. The third-order valence-electron chi connectivity index (χ3n) is 6.37. The molecule has 2 aromatic rings. The summed E-state index contributed by atoms with van der Waals surface area (Å²) in [6.07, 6.45) is 1.50. The van der Waals surface area contributed by atoms with Gasteiger partial charge in [-0.05, 0) is 53.5 Å². The standard InChI is InChI=1S/C29H43N3O4S/c1-9-26(28(34)30-18-21(2)3)31(19-23-13-11-10-12-22(23)4)27(33)20-32(37(8,35)36)25-16-14-24(15-17-25)29(5,6)7/h10-17,21,26H,9,18-20H2,1-8H3,(H,30,34)/t26-/m0/s1. The third kappa shape index (κ3) is 8.59. The Bertz CT molecular complexity index is 1170. The maximum absolute atomic E-state index is 13.8. The summed E-state index contributed by atoms with van der Waals surface area (Å²) in [6, 6.07) is 14.2. The minimum Gasteiger partial charge on any atom is -0.354 e. The minimum atomic E-state index is -3.76. The molecule has 0 unspecified atom stereocenters. The van der Waals surface area contributed by atoms with Crippen LogP contribution in [0.4, 0.5) is 5.69 Å². The van der Waals surface area contributed by atoms with Crippen molar-refractivity contribution >= 4 is 27.5 Å². The number of amides is 2. The van der Waals surface area contributed by atoms with Crippen molar-refractivity contribution in [1.82, 2.24) is 10.2 Å². The van der Waals surface area contributed by atoms with Crippen molar-refractivity contribution in [2.75, 3.05) is 23.7 Å². The first kappa shape index (κ1) is 30.4. The molecular weight excluding hydrogens is 486 g/mol. The molecule has 1 atom stereocenters. The fraction of sp³-hybridized carbons (Fsp3) is 0.517. The van der Waals surface area contributed by atoms with Gasteiger partial charge >= 0.3 is 0 Å². The number of hydrogen-bond acceptors (Lipinski definition) is 4. The number of carbonyl (C=O) groups excluding carboxylic acids is 2. The fourth-order valence-electron chi connectivity index (χ4n) is 4.05. The Morgan fingerprint density at radius 1 is 1.00 bits per heavy atom. The highest BCUT2D eigenvalue weighted by Crippen LogP contribution is 2.26. The van der Waals surface area contributed by atoms with Crippen molar-refractivity contribution in [3.8, 4) is 0 Å². The highest BCUT2D eigenvalue weighted by atomic mass is 32.2. The summed E-state index contributed by atoms with van der Waals surface area (Å²) < 4.78 is 26.7. The number of sulfonamides is 1. The average Bonchev–Trinajstić information content (AvgIpc) is 2.80. The van der Waals surface area contributed by atoms with Crippen molar-refractivity contribution in [2.45, 2.75) is 72.9 Å². The number of rotatable bonds is 11. The lowest BCUT2D eigenvalue weighted by molar-refractivity contribution is -0.140. The molecule has 0 fully saturated rings. The molecular formula is C29H43N3O4S. The summed E-state index contributed by atoms with van der Waals surface area (Å²) in [6.45, 7) is 14.4. The molecule has 7 nitrogen and oxygen atoms in total. The zero-order valence-corrected chi connectivity index (χ0v) is 24.4. The molecule has 2 amide bonds. The number of benzene rings is 2. The van der Waals surface area contributed by atoms with Crippen LogP contribution in [0, 0.1) is 12.8 Å². The van der Waals surface area contributed by atoms with E-state index in [1.807, 2.05) is 64.1 Å². The molecule has 2 aromatic carbocycles. The number of anilines is 1. The third-order valence-corrected chi connectivity index (χ3v) is 7.51. The van der Waals surface area contributed by atoms with Crippen LogP contribution in [0.1, 0.15) is 64.7 Å². The van der Waals surface area contributed by atoms with Crippen LogP contribution in [0.2, 0.25) is 0 Å². The van der Waals surface area contributed by atoms with E-state index < -0.39 is 28.5 Å². The number of nitrogens with one attached hydrogen (secondary N) is 1. The molecule has 0 aromatic heterocycles. The number of nitrogens with zero attached hydrogens (tertiary/aromatic N) is 2. The van der Waals surface area contributed by atoms with Gasteiger partial charge in [-0.3, -0.25) is 13.9 Å². The maximum Gasteiger partial charge on any atom is 0.244 e. The SMILES string of the molecule is CC[C@@H](C(=O)NCC(C)C)N(Cc1ccccc1C)C(=O)CN(c1ccc(C(C)(C)C)cc1)S(C)(=O)=O. The fourth-order valence-corrected chi connectivity index (χ4v) is 4.90. The van der Waals surface area contributed by atoms with Crippen LogP contribution in [-0.2, 0) is 31.6 Å². The Balaban J connectivity index is 2.44. The zero-order chi connectivity index (χ0) is 28.0. The first-order valence-electron chi connectivity index (χ1n) is 12.8. The van der Waals surface area contributed by atoms with E-state index >= 15 is 0 Å². The predicted octanol–water partition coefficient (Wildman–Crippen LogP) is 4.64. The summed E-state index contributed by atoms with van der Waals surface area (Å²) in [5, 5.41) is 2.94. The summed E-state index contributed by atoms with van der Waals surface area (Å²) in [4.78, 5) is 28.5. The molecule has 2 rings (SSSR count). The molecule has 8 heteroatoms. The molecule has 37 heavy (non-hydrogen) atoms. The van der Waals surface area contributed by atoms with Gasteiger partial charge in [0.2, 0.25) is 21.8 Å². The Kier molecular flexibility index (Phi) is 10.3. The summed E-state index contributed by atoms with van der Waals surface area (Å²) in [5.74, 6) is -0.405. The maximum atomic E-state index is 13.8. The van der Waals surface area contributed by atoms with Crippen LogP contribution in [0.3, 0.4) is 0 Å². The molecule has 0 spiro atoms. The first-order chi connectivity index (χ1) is 17.1. The van der Waals surface area contributed by atoms with Crippen molar-refractivity contribution in [2.24, 2.45) is 5.92 Å². The van der Waals surface area contributed by atoms with E-state index in [9.17, 15) is 18.0 Å². The highest BCUT2D eigenvalue weighted by molar-refractivity contribution is 7.92. The van der Waals surface area contributed by atoms with Gasteiger partial charge in [0.1, 0.15) is 12.6 Å². The lowest BCUT2D eigenvalue weighted by atomic mass is 9.87. The first-order valence-corrected chi connectivity index (χ1v) is 14.7. The van der Waals surface area contributed by atoms with E-state index in [0.717, 1.165) is 27.3 Å². The molecule has 1 N–H and O–H groups in total. The van der Waals surface area contributed by atoms with Gasteiger partial charge in [-0.2, -0.15) is 0 Å². The second kappa shape index (κ2) is 12.6.